The average molecular weight is 190 g/mol. The van der Waals surface area contributed by atoms with Crippen molar-refractivity contribution in [3.05, 3.63) is 0 Å². The molecule has 0 atom stereocenters. The summed E-state index contributed by atoms with van der Waals surface area (Å²) in [5.74, 6) is -1.49. The van der Waals surface area contributed by atoms with Gasteiger partial charge in [-0.1, -0.05) is 0 Å². The number of hydrogen-bond donors (Lipinski definition) is 0. The average Bonchev–Trinajstić information content (AvgIpc) is 2.14. The fourth-order valence-electron chi connectivity index (χ4n) is 0.709. The summed E-state index contributed by atoms with van der Waals surface area (Å²) in [4.78, 5) is 21.9. The standard InChI is InChI=1S/C8H14O5/c1-4-13-8(10)6(9)5-7(11-2)12-3/h7H,4-5H2,1-3H3. The SMILES string of the molecule is CCOC(=O)C(=O)CC(OC)OC. The summed E-state index contributed by atoms with van der Waals surface area (Å²) in [6, 6.07) is 0. The Morgan fingerprint density at radius 2 is 1.77 bits per heavy atom. The maximum atomic E-state index is 11.0. The Labute approximate surface area is 77.0 Å². The van der Waals surface area contributed by atoms with Crippen LogP contribution in [-0.2, 0) is 23.8 Å². The number of rotatable bonds is 6. The smallest absolute Gasteiger partial charge is 0.374 e. The van der Waals surface area contributed by atoms with Gasteiger partial charge in [0.2, 0.25) is 5.78 Å². The summed E-state index contributed by atoms with van der Waals surface area (Å²) < 4.78 is 14.0. The predicted octanol–water partition coefficient (Wildman–Crippen LogP) is 0.128. The molecule has 0 saturated carbocycles. The first-order chi connectivity index (χ1) is 6.15. The molecule has 0 aliphatic rings. The van der Waals surface area contributed by atoms with Crippen LogP contribution in [0.1, 0.15) is 13.3 Å². The molecule has 0 radical (unpaired) electrons. The van der Waals surface area contributed by atoms with Gasteiger partial charge in [-0.15, -0.1) is 0 Å². The minimum atomic E-state index is -0.846. The third-order valence-corrected chi connectivity index (χ3v) is 1.38. The summed E-state index contributed by atoms with van der Waals surface area (Å²) >= 11 is 0. The van der Waals surface area contributed by atoms with E-state index in [4.69, 9.17) is 9.47 Å². The maximum absolute atomic E-state index is 11.0. The molecule has 0 aromatic carbocycles. The Kier molecular flexibility index (Phi) is 6.09. The van der Waals surface area contributed by atoms with E-state index in [9.17, 15) is 9.59 Å². The van der Waals surface area contributed by atoms with Crippen molar-refractivity contribution in [3.63, 3.8) is 0 Å². The lowest BCUT2D eigenvalue weighted by molar-refractivity contribution is -0.160. The van der Waals surface area contributed by atoms with Crippen LogP contribution in [0.5, 0.6) is 0 Å². The second kappa shape index (κ2) is 6.56. The van der Waals surface area contributed by atoms with Crippen LogP contribution in [0.3, 0.4) is 0 Å². The van der Waals surface area contributed by atoms with Gasteiger partial charge in [-0.3, -0.25) is 4.79 Å². The first-order valence-corrected chi connectivity index (χ1v) is 3.91. The molecule has 0 aromatic heterocycles. The lowest BCUT2D eigenvalue weighted by Gasteiger charge is -2.11. The largest absolute Gasteiger partial charge is 0.460 e. The van der Waals surface area contributed by atoms with Gasteiger partial charge in [0.05, 0.1) is 13.0 Å². The van der Waals surface area contributed by atoms with Crippen LogP contribution in [0.4, 0.5) is 0 Å². The number of methoxy groups -OCH3 is 2. The van der Waals surface area contributed by atoms with E-state index in [0.717, 1.165) is 0 Å². The normalized spacial score (nSPS) is 10.2. The molecule has 0 unspecified atom stereocenters. The van der Waals surface area contributed by atoms with Crippen molar-refractivity contribution in [1.29, 1.82) is 0 Å². The quantitative estimate of drug-likeness (QED) is 0.338. The number of ether oxygens (including phenoxy) is 3. The summed E-state index contributed by atoms with van der Waals surface area (Å²) in [6.07, 6.45) is -0.803. The molecule has 0 aromatic rings. The number of Topliss-reactive ketones (excluding diaryl/α,β-unsaturated/α-hetero) is 1. The molecule has 0 heterocycles. The second-order valence-electron chi connectivity index (χ2n) is 2.25. The van der Waals surface area contributed by atoms with Gasteiger partial charge < -0.3 is 14.2 Å². The van der Waals surface area contributed by atoms with E-state index in [0.29, 0.717) is 0 Å². The molecule has 13 heavy (non-hydrogen) atoms. The Bertz CT molecular complexity index is 173. The number of ketones is 1. The van der Waals surface area contributed by atoms with Crippen LogP contribution in [0.2, 0.25) is 0 Å². The van der Waals surface area contributed by atoms with E-state index < -0.39 is 18.0 Å². The topological polar surface area (TPSA) is 61.8 Å². The van der Waals surface area contributed by atoms with E-state index in [1.165, 1.54) is 14.2 Å². The Balaban J connectivity index is 3.90. The number of carbonyl (C=O) groups excluding carboxylic acids is 2. The van der Waals surface area contributed by atoms with E-state index in [2.05, 4.69) is 4.74 Å². The minimum Gasteiger partial charge on any atom is -0.460 e. The van der Waals surface area contributed by atoms with Gasteiger partial charge in [0, 0.05) is 14.2 Å². The molecule has 76 valence electrons. The van der Waals surface area contributed by atoms with Crippen molar-refractivity contribution in [2.24, 2.45) is 0 Å². The molecule has 0 aliphatic heterocycles. The molecular formula is C8H14O5. The van der Waals surface area contributed by atoms with Crippen LogP contribution in [0.25, 0.3) is 0 Å². The van der Waals surface area contributed by atoms with Gasteiger partial charge in [0.25, 0.3) is 0 Å². The van der Waals surface area contributed by atoms with Gasteiger partial charge in [0.1, 0.15) is 0 Å². The highest BCUT2D eigenvalue weighted by atomic mass is 16.7. The van der Waals surface area contributed by atoms with Crippen LogP contribution in [0, 0.1) is 0 Å². The zero-order chi connectivity index (χ0) is 10.3. The molecule has 0 spiro atoms. The van der Waals surface area contributed by atoms with E-state index in [1.807, 2.05) is 0 Å². The minimum absolute atomic E-state index is 0.119. The number of esters is 1. The van der Waals surface area contributed by atoms with Gasteiger partial charge in [0.15, 0.2) is 6.29 Å². The van der Waals surface area contributed by atoms with Crippen molar-refractivity contribution in [2.75, 3.05) is 20.8 Å². The second-order valence-corrected chi connectivity index (χ2v) is 2.25. The third-order valence-electron chi connectivity index (χ3n) is 1.38. The highest BCUT2D eigenvalue weighted by Crippen LogP contribution is 1.99. The predicted molar refractivity (Wildman–Crippen MR) is 44.1 cm³/mol. The van der Waals surface area contributed by atoms with Crippen molar-refractivity contribution in [1.82, 2.24) is 0 Å². The van der Waals surface area contributed by atoms with Crippen molar-refractivity contribution < 1.29 is 23.8 Å². The Morgan fingerprint density at radius 1 is 1.23 bits per heavy atom. The molecule has 0 saturated heterocycles. The summed E-state index contributed by atoms with van der Waals surface area (Å²) in [6.45, 7) is 1.82. The summed E-state index contributed by atoms with van der Waals surface area (Å²) in [5.41, 5.74) is 0. The summed E-state index contributed by atoms with van der Waals surface area (Å²) in [7, 11) is 2.79. The highest BCUT2D eigenvalue weighted by Gasteiger charge is 2.19. The fraction of sp³-hybridized carbons (Fsp3) is 0.750. The van der Waals surface area contributed by atoms with Gasteiger partial charge >= 0.3 is 5.97 Å². The number of carbonyl (C=O) groups is 2. The molecule has 0 aliphatic carbocycles. The first-order valence-electron chi connectivity index (χ1n) is 3.91. The molecule has 0 N–H and O–H groups in total. The van der Waals surface area contributed by atoms with E-state index in [-0.39, 0.29) is 13.0 Å². The lowest BCUT2D eigenvalue weighted by Crippen LogP contribution is -2.25. The molecular weight excluding hydrogens is 176 g/mol. The van der Waals surface area contributed by atoms with Crippen molar-refractivity contribution in [2.45, 2.75) is 19.6 Å². The monoisotopic (exact) mass is 190 g/mol. The molecule has 5 heteroatoms. The Morgan fingerprint density at radius 3 is 2.15 bits per heavy atom. The van der Waals surface area contributed by atoms with Crippen LogP contribution in [0.15, 0.2) is 0 Å². The maximum Gasteiger partial charge on any atom is 0.374 e. The fourth-order valence-corrected chi connectivity index (χ4v) is 0.709. The summed E-state index contributed by atoms with van der Waals surface area (Å²) in [5, 5.41) is 0. The zero-order valence-corrected chi connectivity index (χ0v) is 8.03. The molecule has 0 amide bonds. The third kappa shape index (κ3) is 4.59. The van der Waals surface area contributed by atoms with Crippen LogP contribution >= 0.6 is 0 Å². The van der Waals surface area contributed by atoms with Gasteiger partial charge in [-0.05, 0) is 6.92 Å². The lowest BCUT2D eigenvalue weighted by atomic mass is 10.3. The van der Waals surface area contributed by atoms with E-state index in [1.54, 1.807) is 6.92 Å². The molecule has 0 rings (SSSR count). The molecule has 0 fully saturated rings. The molecule has 0 bridgehead atoms. The van der Waals surface area contributed by atoms with Crippen LogP contribution in [-0.4, -0.2) is 38.9 Å². The van der Waals surface area contributed by atoms with Gasteiger partial charge in [-0.2, -0.15) is 0 Å². The first kappa shape index (κ1) is 12.1. The zero-order valence-electron chi connectivity index (χ0n) is 8.03. The molecule has 5 nitrogen and oxygen atoms in total. The van der Waals surface area contributed by atoms with Crippen molar-refractivity contribution >= 4 is 11.8 Å². The van der Waals surface area contributed by atoms with Gasteiger partial charge in [-0.25, -0.2) is 4.79 Å². The number of hydrogen-bond acceptors (Lipinski definition) is 5. The van der Waals surface area contributed by atoms with Crippen molar-refractivity contribution in [3.8, 4) is 0 Å². The van der Waals surface area contributed by atoms with Crippen LogP contribution < -0.4 is 0 Å². The Hall–Kier alpha value is -0.940. The van der Waals surface area contributed by atoms with E-state index >= 15 is 0 Å². The highest BCUT2D eigenvalue weighted by molar-refractivity contribution is 6.33.